The minimum absolute atomic E-state index is 0.0935. The van der Waals surface area contributed by atoms with Gasteiger partial charge in [0.15, 0.2) is 0 Å². The van der Waals surface area contributed by atoms with Crippen LogP contribution in [0.1, 0.15) is 44.6 Å². The van der Waals surface area contributed by atoms with Gasteiger partial charge >= 0.3 is 0 Å². The van der Waals surface area contributed by atoms with E-state index in [4.69, 9.17) is 0 Å². The van der Waals surface area contributed by atoms with Crippen molar-refractivity contribution in [2.24, 2.45) is 5.41 Å². The molecule has 0 saturated heterocycles. The molecular formula is C12H19N3O. The molecule has 2 rings (SSSR count). The molecule has 1 heterocycles. The Morgan fingerprint density at radius 3 is 2.88 bits per heavy atom. The molecule has 1 aromatic heterocycles. The maximum Gasteiger partial charge on any atom is 0.226 e. The van der Waals surface area contributed by atoms with Crippen molar-refractivity contribution in [1.29, 1.82) is 0 Å². The molecule has 0 unspecified atom stereocenters. The van der Waals surface area contributed by atoms with Gasteiger partial charge in [-0.15, -0.1) is 0 Å². The van der Waals surface area contributed by atoms with Crippen molar-refractivity contribution in [2.45, 2.75) is 45.6 Å². The van der Waals surface area contributed by atoms with Crippen LogP contribution < -0.4 is 5.32 Å². The lowest BCUT2D eigenvalue weighted by Crippen LogP contribution is -2.38. The van der Waals surface area contributed by atoms with E-state index in [0.29, 0.717) is 6.54 Å². The SMILES string of the molecule is CCC1(C(=O)NCc2cn[nH]c2)CCCC1. The highest BCUT2D eigenvalue weighted by molar-refractivity contribution is 5.82. The molecule has 1 aromatic rings. The summed E-state index contributed by atoms with van der Waals surface area (Å²) in [6.07, 6.45) is 8.96. The summed E-state index contributed by atoms with van der Waals surface area (Å²) >= 11 is 0. The number of amides is 1. The summed E-state index contributed by atoms with van der Waals surface area (Å²) in [6, 6.07) is 0. The molecule has 1 fully saturated rings. The minimum atomic E-state index is -0.0935. The van der Waals surface area contributed by atoms with Gasteiger partial charge in [-0.1, -0.05) is 19.8 Å². The Bertz CT molecular complexity index is 339. The van der Waals surface area contributed by atoms with Crippen molar-refractivity contribution < 1.29 is 4.79 Å². The highest BCUT2D eigenvalue weighted by atomic mass is 16.2. The molecule has 1 aliphatic rings. The lowest BCUT2D eigenvalue weighted by Gasteiger charge is -2.25. The number of H-pyrrole nitrogens is 1. The molecule has 1 saturated carbocycles. The molecule has 4 heteroatoms. The number of hydrogen-bond donors (Lipinski definition) is 2. The van der Waals surface area contributed by atoms with Crippen molar-refractivity contribution in [1.82, 2.24) is 15.5 Å². The molecule has 0 radical (unpaired) electrons. The number of aromatic nitrogens is 2. The predicted molar refractivity (Wildman–Crippen MR) is 61.6 cm³/mol. The lowest BCUT2D eigenvalue weighted by molar-refractivity contribution is -0.131. The second-order valence-electron chi connectivity index (χ2n) is 4.63. The van der Waals surface area contributed by atoms with Gasteiger partial charge in [0.05, 0.1) is 6.20 Å². The fourth-order valence-corrected chi connectivity index (χ4v) is 2.54. The third kappa shape index (κ3) is 2.10. The number of nitrogens with one attached hydrogen (secondary N) is 2. The zero-order valence-electron chi connectivity index (χ0n) is 9.75. The summed E-state index contributed by atoms with van der Waals surface area (Å²) in [6.45, 7) is 2.69. The standard InChI is InChI=1S/C12H19N3O/c1-2-12(5-3-4-6-12)11(16)13-7-10-8-14-15-9-10/h8-9H,2-7H2,1H3,(H,13,16)(H,14,15). The van der Waals surface area contributed by atoms with E-state index >= 15 is 0 Å². The van der Waals surface area contributed by atoms with Crippen LogP contribution in [0.25, 0.3) is 0 Å². The van der Waals surface area contributed by atoms with Gasteiger partial charge in [-0.3, -0.25) is 9.89 Å². The first-order chi connectivity index (χ1) is 7.77. The number of nitrogens with zero attached hydrogens (tertiary/aromatic N) is 1. The van der Waals surface area contributed by atoms with Crippen LogP contribution in [-0.2, 0) is 11.3 Å². The minimum Gasteiger partial charge on any atom is -0.351 e. The van der Waals surface area contributed by atoms with Crippen molar-refractivity contribution >= 4 is 5.91 Å². The van der Waals surface area contributed by atoms with E-state index in [0.717, 1.165) is 24.8 Å². The summed E-state index contributed by atoms with van der Waals surface area (Å²) in [5.41, 5.74) is 0.932. The summed E-state index contributed by atoms with van der Waals surface area (Å²) in [5.74, 6) is 0.216. The zero-order valence-corrected chi connectivity index (χ0v) is 9.75. The van der Waals surface area contributed by atoms with E-state index in [-0.39, 0.29) is 11.3 Å². The van der Waals surface area contributed by atoms with Gasteiger partial charge in [0, 0.05) is 23.7 Å². The fourth-order valence-electron chi connectivity index (χ4n) is 2.54. The summed E-state index contributed by atoms with van der Waals surface area (Å²) in [5, 5.41) is 9.62. The van der Waals surface area contributed by atoms with Crippen molar-refractivity contribution in [2.75, 3.05) is 0 Å². The molecule has 88 valence electrons. The summed E-state index contributed by atoms with van der Waals surface area (Å²) in [7, 11) is 0. The zero-order chi connectivity index (χ0) is 11.4. The molecule has 0 aliphatic heterocycles. The Balaban J connectivity index is 1.91. The number of carbonyl (C=O) groups is 1. The molecule has 4 nitrogen and oxygen atoms in total. The third-order valence-corrected chi connectivity index (χ3v) is 3.73. The normalized spacial score (nSPS) is 18.6. The van der Waals surface area contributed by atoms with Crippen LogP contribution in [0.2, 0.25) is 0 Å². The smallest absolute Gasteiger partial charge is 0.226 e. The van der Waals surface area contributed by atoms with Gasteiger partial charge in [0.1, 0.15) is 0 Å². The topological polar surface area (TPSA) is 57.8 Å². The summed E-state index contributed by atoms with van der Waals surface area (Å²) < 4.78 is 0. The molecule has 0 atom stereocenters. The average Bonchev–Trinajstić information content (AvgIpc) is 2.97. The van der Waals surface area contributed by atoms with Crippen LogP contribution in [-0.4, -0.2) is 16.1 Å². The lowest BCUT2D eigenvalue weighted by atomic mass is 9.82. The Kier molecular flexibility index (Phi) is 3.27. The predicted octanol–water partition coefficient (Wildman–Crippen LogP) is 2.00. The van der Waals surface area contributed by atoms with Crippen LogP contribution in [0.3, 0.4) is 0 Å². The van der Waals surface area contributed by atoms with Gasteiger partial charge in [-0.2, -0.15) is 5.10 Å². The number of rotatable bonds is 4. The third-order valence-electron chi connectivity index (χ3n) is 3.73. The Morgan fingerprint density at radius 1 is 1.56 bits per heavy atom. The van der Waals surface area contributed by atoms with Gasteiger partial charge in [0.2, 0.25) is 5.91 Å². The maximum atomic E-state index is 12.2. The second-order valence-corrected chi connectivity index (χ2v) is 4.63. The van der Waals surface area contributed by atoms with Gasteiger partial charge in [0.25, 0.3) is 0 Å². The number of hydrogen-bond acceptors (Lipinski definition) is 2. The van der Waals surface area contributed by atoms with Crippen molar-refractivity contribution in [3.8, 4) is 0 Å². The van der Waals surface area contributed by atoms with E-state index in [9.17, 15) is 4.79 Å². The number of aromatic amines is 1. The highest BCUT2D eigenvalue weighted by Crippen LogP contribution is 2.41. The highest BCUT2D eigenvalue weighted by Gasteiger charge is 2.38. The van der Waals surface area contributed by atoms with E-state index < -0.39 is 0 Å². The largest absolute Gasteiger partial charge is 0.351 e. The van der Waals surface area contributed by atoms with Gasteiger partial charge in [-0.05, 0) is 19.3 Å². The summed E-state index contributed by atoms with van der Waals surface area (Å²) in [4.78, 5) is 12.2. The van der Waals surface area contributed by atoms with Crippen LogP contribution in [0.4, 0.5) is 0 Å². The first kappa shape index (κ1) is 11.2. The molecule has 0 aromatic carbocycles. The van der Waals surface area contributed by atoms with E-state index in [2.05, 4.69) is 22.4 Å². The van der Waals surface area contributed by atoms with E-state index in [1.807, 2.05) is 6.20 Å². The first-order valence-corrected chi connectivity index (χ1v) is 6.03. The molecule has 2 N–H and O–H groups in total. The van der Waals surface area contributed by atoms with Crippen molar-refractivity contribution in [3.63, 3.8) is 0 Å². The Labute approximate surface area is 95.8 Å². The van der Waals surface area contributed by atoms with Crippen LogP contribution >= 0.6 is 0 Å². The molecular weight excluding hydrogens is 202 g/mol. The monoisotopic (exact) mass is 221 g/mol. The second kappa shape index (κ2) is 4.68. The molecule has 1 aliphatic carbocycles. The average molecular weight is 221 g/mol. The van der Waals surface area contributed by atoms with Gasteiger partial charge in [-0.25, -0.2) is 0 Å². The fraction of sp³-hybridized carbons (Fsp3) is 0.667. The molecule has 16 heavy (non-hydrogen) atoms. The van der Waals surface area contributed by atoms with Crippen molar-refractivity contribution in [3.05, 3.63) is 18.0 Å². The molecule has 0 bridgehead atoms. The molecule has 0 spiro atoms. The first-order valence-electron chi connectivity index (χ1n) is 6.03. The van der Waals surface area contributed by atoms with Crippen LogP contribution in [0.5, 0.6) is 0 Å². The van der Waals surface area contributed by atoms with E-state index in [1.165, 1.54) is 12.8 Å². The van der Waals surface area contributed by atoms with Crippen LogP contribution in [0.15, 0.2) is 12.4 Å². The quantitative estimate of drug-likeness (QED) is 0.817. The van der Waals surface area contributed by atoms with Gasteiger partial charge < -0.3 is 5.32 Å². The maximum absolute atomic E-state index is 12.2. The number of carbonyl (C=O) groups excluding carboxylic acids is 1. The Hall–Kier alpha value is -1.32. The van der Waals surface area contributed by atoms with Crippen LogP contribution in [0, 0.1) is 5.41 Å². The Morgan fingerprint density at radius 2 is 2.31 bits per heavy atom. The molecule has 1 amide bonds. The van der Waals surface area contributed by atoms with E-state index in [1.54, 1.807) is 6.20 Å².